The van der Waals surface area contributed by atoms with Gasteiger partial charge in [-0.15, -0.1) is 11.3 Å². The van der Waals surface area contributed by atoms with E-state index in [9.17, 15) is 9.59 Å². The number of aromatic nitrogens is 1. The summed E-state index contributed by atoms with van der Waals surface area (Å²) in [5, 5.41) is 8.98. The molecule has 8 heteroatoms. The number of piperazine rings is 1. The van der Waals surface area contributed by atoms with Gasteiger partial charge in [0.15, 0.2) is 5.13 Å². The fourth-order valence-corrected chi connectivity index (χ4v) is 4.95. The summed E-state index contributed by atoms with van der Waals surface area (Å²) in [6.45, 7) is 3.01. The SMILES string of the molecule is O=C(NC[C@@H]1CN(C(=O)c2ccccc2)[C@H]2CCN1C2)c1csc(NC2CC2)n1. The Bertz CT molecular complexity index is 897. The van der Waals surface area contributed by atoms with Crippen molar-refractivity contribution in [1.82, 2.24) is 20.1 Å². The molecule has 1 saturated carbocycles. The molecule has 5 rings (SSSR count). The van der Waals surface area contributed by atoms with Crippen LogP contribution >= 0.6 is 11.3 Å². The first kappa shape index (κ1) is 18.6. The average Bonchev–Trinajstić information content (AvgIpc) is 3.27. The van der Waals surface area contributed by atoms with E-state index >= 15 is 0 Å². The maximum absolute atomic E-state index is 13.0. The normalized spacial score (nSPS) is 25.7. The predicted molar refractivity (Wildman–Crippen MR) is 112 cm³/mol. The third-order valence-corrected chi connectivity index (χ3v) is 6.75. The summed E-state index contributed by atoms with van der Waals surface area (Å²) in [6, 6.07) is 10.4. The fourth-order valence-electron chi connectivity index (χ4n) is 4.18. The van der Waals surface area contributed by atoms with Crippen LogP contribution in [0.5, 0.6) is 0 Å². The molecule has 2 bridgehead atoms. The lowest BCUT2D eigenvalue weighted by Crippen LogP contribution is -2.57. The number of thiazole rings is 1. The first-order valence-corrected chi connectivity index (χ1v) is 11.2. The third-order valence-electron chi connectivity index (χ3n) is 5.98. The van der Waals surface area contributed by atoms with Crippen LogP contribution in [0.15, 0.2) is 35.7 Å². The molecule has 1 unspecified atom stereocenters. The Morgan fingerprint density at radius 2 is 1.97 bits per heavy atom. The van der Waals surface area contributed by atoms with Gasteiger partial charge in [0, 0.05) is 55.2 Å². The van der Waals surface area contributed by atoms with Gasteiger partial charge in [-0.25, -0.2) is 4.98 Å². The number of hydrogen-bond acceptors (Lipinski definition) is 6. The molecule has 2 aromatic rings. The number of amides is 2. The molecule has 3 aliphatic rings. The molecule has 1 aromatic carbocycles. The molecule has 2 aliphatic heterocycles. The molecule has 3 fully saturated rings. The Morgan fingerprint density at radius 1 is 1.14 bits per heavy atom. The van der Waals surface area contributed by atoms with Gasteiger partial charge in [-0.3, -0.25) is 14.5 Å². The molecule has 0 spiro atoms. The van der Waals surface area contributed by atoms with Gasteiger partial charge in [0.05, 0.1) is 0 Å². The van der Waals surface area contributed by atoms with Crippen molar-refractivity contribution in [2.45, 2.75) is 37.4 Å². The molecule has 3 heterocycles. The number of anilines is 1. The average molecular weight is 412 g/mol. The summed E-state index contributed by atoms with van der Waals surface area (Å²) in [4.78, 5) is 34.3. The van der Waals surface area contributed by atoms with Gasteiger partial charge in [-0.1, -0.05) is 18.2 Å². The maximum atomic E-state index is 13.0. The monoisotopic (exact) mass is 411 g/mol. The first-order chi connectivity index (χ1) is 14.2. The largest absolute Gasteiger partial charge is 0.359 e. The lowest BCUT2D eigenvalue weighted by Gasteiger charge is -2.40. The highest BCUT2D eigenvalue weighted by atomic mass is 32.1. The van der Waals surface area contributed by atoms with E-state index in [2.05, 4.69) is 20.5 Å². The van der Waals surface area contributed by atoms with Crippen molar-refractivity contribution in [2.24, 2.45) is 0 Å². The van der Waals surface area contributed by atoms with Gasteiger partial charge in [0.1, 0.15) is 5.69 Å². The molecule has 1 aliphatic carbocycles. The molecule has 152 valence electrons. The van der Waals surface area contributed by atoms with Crippen molar-refractivity contribution < 1.29 is 9.59 Å². The highest BCUT2D eigenvalue weighted by Crippen LogP contribution is 2.27. The smallest absolute Gasteiger partial charge is 0.270 e. The second-order valence-corrected chi connectivity index (χ2v) is 8.94. The van der Waals surface area contributed by atoms with E-state index in [0.717, 1.165) is 30.2 Å². The van der Waals surface area contributed by atoms with E-state index in [-0.39, 0.29) is 23.9 Å². The quantitative estimate of drug-likeness (QED) is 0.761. The summed E-state index contributed by atoms with van der Waals surface area (Å²) < 4.78 is 0. The number of nitrogens with one attached hydrogen (secondary N) is 2. The van der Waals surface area contributed by atoms with Crippen LogP contribution in [-0.4, -0.2) is 70.9 Å². The first-order valence-electron chi connectivity index (χ1n) is 10.3. The van der Waals surface area contributed by atoms with Crippen molar-refractivity contribution in [3.8, 4) is 0 Å². The minimum absolute atomic E-state index is 0.0868. The Morgan fingerprint density at radius 3 is 2.76 bits per heavy atom. The van der Waals surface area contributed by atoms with Crippen molar-refractivity contribution in [2.75, 3.05) is 31.5 Å². The minimum atomic E-state index is -0.146. The van der Waals surface area contributed by atoms with Gasteiger partial charge in [0.25, 0.3) is 11.8 Å². The van der Waals surface area contributed by atoms with Crippen LogP contribution in [0, 0.1) is 0 Å². The van der Waals surface area contributed by atoms with Crippen LogP contribution < -0.4 is 10.6 Å². The summed E-state index contributed by atoms with van der Waals surface area (Å²) in [5.41, 5.74) is 1.19. The molecule has 3 atom stereocenters. The van der Waals surface area contributed by atoms with Gasteiger partial charge >= 0.3 is 0 Å². The standard InChI is InChI=1S/C21H25N5O2S/c27-19(18-13-29-21(24-18)23-15-6-7-15)22-10-17-12-26(16-8-9-25(17)11-16)20(28)14-4-2-1-3-5-14/h1-5,13,15-17H,6-12H2,(H,22,27)(H,23,24)/t16-,17+/m0/s1. The zero-order valence-corrected chi connectivity index (χ0v) is 17.0. The summed E-state index contributed by atoms with van der Waals surface area (Å²) in [6.07, 6.45) is 3.35. The van der Waals surface area contributed by atoms with Crippen LogP contribution in [-0.2, 0) is 0 Å². The summed E-state index contributed by atoms with van der Waals surface area (Å²) in [5.74, 6) is -0.0591. The van der Waals surface area contributed by atoms with Crippen molar-refractivity contribution in [3.63, 3.8) is 0 Å². The topological polar surface area (TPSA) is 77.6 Å². The van der Waals surface area contributed by atoms with E-state index in [0.29, 0.717) is 24.8 Å². The lowest BCUT2D eigenvalue weighted by atomic mass is 10.1. The molecule has 29 heavy (non-hydrogen) atoms. The van der Waals surface area contributed by atoms with Gasteiger partial charge in [0.2, 0.25) is 0 Å². The zero-order valence-electron chi connectivity index (χ0n) is 16.2. The van der Waals surface area contributed by atoms with Gasteiger partial charge in [-0.2, -0.15) is 0 Å². The van der Waals surface area contributed by atoms with Gasteiger partial charge < -0.3 is 15.5 Å². The van der Waals surface area contributed by atoms with Crippen LogP contribution in [0.25, 0.3) is 0 Å². The molecular formula is C21H25N5O2S. The second-order valence-electron chi connectivity index (χ2n) is 8.08. The lowest BCUT2D eigenvalue weighted by molar-refractivity contribution is 0.0493. The van der Waals surface area contributed by atoms with Crippen LogP contribution in [0.2, 0.25) is 0 Å². The van der Waals surface area contributed by atoms with Crippen LogP contribution in [0.4, 0.5) is 5.13 Å². The summed E-state index contributed by atoms with van der Waals surface area (Å²) in [7, 11) is 0. The van der Waals surface area contributed by atoms with E-state index < -0.39 is 0 Å². The Kier molecular flexibility index (Phi) is 4.97. The Hall–Kier alpha value is -2.45. The second kappa shape index (κ2) is 7.76. The number of carbonyl (C=O) groups is 2. The zero-order chi connectivity index (χ0) is 19.8. The number of fused-ring (bicyclic) bond motifs is 2. The van der Waals surface area contributed by atoms with Crippen molar-refractivity contribution in [1.29, 1.82) is 0 Å². The minimum Gasteiger partial charge on any atom is -0.359 e. The number of nitrogens with zero attached hydrogens (tertiary/aromatic N) is 3. The van der Waals surface area contributed by atoms with Gasteiger partial charge in [-0.05, 0) is 31.4 Å². The highest BCUT2D eigenvalue weighted by molar-refractivity contribution is 7.13. The number of benzene rings is 1. The van der Waals surface area contributed by atoms with Crippen LogP contribution in [0.1, 0.15) is 40.1 Å². The highest BCUT2D eigenvalue weighted by Gasteiger charge is 2.40. The van der Waals surface area contributed by atoms with E-state index in [1.807, 2.05) is 35.2 Å². The van der Waals surface area contributed by atoms with Crippen molar-refractivity contribution >= 4 is 28.3 Å². The van der Waals surface area contributed by atoms with Crippen molar-refractivity contribution in [3.05, 3.63) is 47.0 Å². The third kappa shape index (κ3) is 4.00. The molecule has 0 radical (unpaired) electrons. The van der Waals surface area contributed by atoms with E-state index in [4.69, 9.17) is 0 Å². The Labute approximate surface area is 174 Å². The van der Waals surface area contributed by atoms with E-state index in [1.165, 1.54) is 24.2 Å². The number of hydrogen-bond donors (Lipinski definition) is 2. The maximum Gasteiger partial charge on any atom is 0.270 e. The molecule has 7 nitrogen and oxygen atoms in total. The fraction of sp³-hybridized carbons (Fsp3) is 0.476. The number of rotatable bonds is 6. The summed E-state index contributed by atoms with van der Waals surface area (Å²) >= 11 is 1.47. The molecule has 2 N–H and O–H groups in total. The number of carbonyl (C=O) groups excluding carboxylic acids is 2. The Balaban J connectivity index is 1.21. The van der Waals surface area contributed by atoms with E-state index in [1.54, 1.807) is 5.38 Å². The molecule has 2 saturated heterocycles. The molecular weight excluding hydrogens is 386 g/mol. The molecule has 1 aromatic heterocycles. The predicted octanol–water partition coefficient (Wildman–Crippen LogP) is 2.05. The molecule has 2 amide bonds. The van der Waals surface area contributed by atoms with Crippen LogP contribution in [0.3, 0.4) is 0 Å².